The van der Waals surface area contributed by atoms with Crippen molar-refractivity contribution >= 4 is 5.82 Å². The number of nitrogens with one attached hydrogen (secondary N) is 1. The minimum Gasteiger partial charge on any atom is -0.367 e. The molecular weight excluding hydrogens is 271 g/mol. The van der Waals surface area contributed by atoms with Gasteiger partial charge in [-0.1, -0.05) is 0 Å². The Morgan fingerprint density at radius 1 is 1.33 bits per heavy atom. The highest BCUT2D eigenvalue weighted by Crippen LogP contribution is 2.21. The van der Waals surface area contributed by atoms with Gasteiger partial charge >= 0.3 is 0 Å². The lowest BCUT2D eigenvalue weighted by atomic mass is 10.2. The van der Waals surface area contributed by atoms with Gasteiger partial charge in [-0.15, -0.1) is 0 Å². The van der Waals surface area contributed by atoms with Crippen molar-refractivity contribution in [3.63, 3.8) is 0 Å². The smallest absolute Gasteiger partial charge is 0.258 e. The number of nitrogens with zero attached hydrogens (tertiary/aromatic N) is 2. The van der Waals surface area contributed by atoms with E-state index in [4.69, 9.17) is 5.73 Å². The van der Waals surface area contributed by atoms with Gasteiger partial charge in [-0.3, -0.25) is 9.36 Å². The molecule has 0 aromatic carbocycles. The Kier molecular flexibility index (Phi) is 3.70. The standard InChI is InChI=1S/C15H17FN4O/c16-10-5-6-20(15(21)7-10)13-3-4-14(18-9-13)19-12-2-1-11(17)8-12/h3-7,9,11-12H,1-2,8,17H2,(H,18,19)/t11-,12-/m0/s1. The quantitative estimate of drug-likeness (QED) is 0.901. The Balaban J connectivity index is 1.76. The van der Waals surface area contributed by atoms with Crippen molar-refractivity contribution in [1.82, 2.24) is 9.55 Å². The zero-order chi connectivity index (χ0) is 14.8. The molecule has 110 valence electrons. The van der Waals surface area contributed by atoms with E-state index in [9.17, 15) is 9.18 Å². The Labute approximate surface area is 121 Å². The second kappa shape index (κ2) is 5.65. The molecule has 3 N–H and O–H groups in total. The van der Waals surface area contributed by atoms with Crippen molar-refractivity contribution in [2.45, 2.75) is 31.3 Å². The van der Waals surface area contributed by atoms with Gasteiger partial charge in [-0.25, -0.2) is 9.37 Å². The number of hydrogen-bond donors (Lipinski definition) is 2. The van der Waals surface area contributed by atoms with E-state index in [0.29, 0.717) is 11.7 Å². The fraction of sp³-hybridized carbons (Fsp3) is 0.333. The molecule has 1 aliphatic carbocycles. The number of pyridine rings is 2. The van der Waals surface area contributed by atoms with E-state index in [0.717, 1.165) is 31.1 Å². The van der Waals surface area contributed by atoms with Crippen LogP contribution < -0.4 is 16.6 Å². The van der Waals surface area contributed by atoms with Crippen molar-refractivity contribution in [3.8, 4) is 5.69 Å². The SMILES string of the molecule is N[C@H]1CC[C@H](Nc2ccc(-n3ccc(F)cc3=O)cn2)C1. The van der Waals surface area contributed by atoms with Crippen LogP contribution in [0.1, 0.15) is 19.3 Å². The van der Waals surface area contributed by atoms with E-state index in [2.05, 4.69) is 10.3 Å². The molecule has 6 heteroatoms. The number of aromatic nitrogens is 2. The van der Waals surface area contributed by atoms with Crippen LogP contribution in [0.5, 0.6) is 0 Å². The van der Waals surface area contributed by atoms with E-state index in [1.807, 2.05) is 6.07 Å². The Bertz CT molecular complexity index is 683. The summed E-state index contributed by atoms with van der Waals surface area (Å²) in [6.07, 6.45) is 6.01. The maximum absolute atomic E-state index is 12.9. The first-order valence-corrected chi connectivity index (χ1v) is 6.98. The number of halogens is 1. The Hall–Kier alpha value is -2.21. The van der Waals surface area contributed by atoms with Gasteiger partial charge in [0.15, 0.2) is 0 Å². The van der Waals surface area contributed by atoms with Crippen LogP contribution in [0.2, 0.25) is 0 Å². The summed E-state index contributed by atoms with van der Waals surface area (Å²) in [5.74, 6) is 0.216. The van der Waals surface area contributed by atoms with Gasteiger partial charge in [0.25, 0.3) is 5.56 Å². The number of hydrogen-bond acceptors (Lipinski definition) is 4. The van der Waals surface area contributed by atoms with Gasteiger partial charge in [0.1, 0.15) is 11.6 Å². The fourth-order valence-electron chi connectivity index (χ4n) is 2.64. The largest absolute Gasteiger partial charge is 0.367 e. The maximum Gasteiger partial charge on any atom is 0.258 e. The van der Waals surface area contributed by atoms with Crippen LogP contribution in [0.25, 0.3) is 5.69 Å². The third-order valence-corrected chi connectivity index (χ3v) is 3.73. The number of rotatable bonds is 3. The zero-order valence-corrected chi connectivity index (χ0v) is 11.5. The highest BCUT2D eigenvalue weighted by Gasteiger charge is 2.21. The average molecular weight is 288 g/mol. The minimum absolute atomic E-state index is 0.263. The number of anilines is 1. The summed E-state index contributed by atoms with van der Waals surface area (Å²) in [7, 11) is 0. The van der Waals surface area contributed by atoms with E-state index >= 15 is 0 Å². The molecular formula is C15H17FN4O. The first-order valence-electron chi connectivity index (χ1n) is 6.98. The highest BCUT2D eigenvalue weighted by molar-refractivity contribution is 5.41. The second-order valence-corrected chi connectivity index (χ2v) is 5.37. The topological polar surface area (TPSA) is 72.9 Å². The summed E-state index contributed by atoms with van der Waals surface area (Å²) < 4.78 is 14.3. The van der Waals surface area contributed by atoms with Crippen LogP contribution in [-0.2, 0) is 0 Å². The third kappa shape index (κ3) is 3.11. The van der Waals surface area contributed by atoms with E-state index in [1.165, 1.54) is 16.8 Å². The first-order chi connectivity index (χ1) is 10.1. The van der Waals surface area contributed by atoms with Crippen LogP contribution in [-0.4, -0.2) is 21.6 Å². The lowest BCUT2D eigenvalue weighted by molar-refractivity contribution is 0.620. The normalized spacial score (nSPS) is 21.4. The van der Waals surface area contributed by atoms with E-state index in [-0.39, 0.29) is 6.04 Å². The van der Waals surface area contributed by atoms with Crippen LogP contribution in [0.3, 0.4) is 0 Å². The summed E-state index contributed by atoms with van der Waals surface area (Å²) in [4.78, 5) is 16.0. The van der Waals surface area contributed by atoms with Gasteiger partial charge in [-0.05, 0) is 37.5 Å². The molecule has 2 atom stereocenters. The lowest BCUT2D eigenvalue weighted by Crippen LogP contribution is -2.21. The second-order valence-electron chi connectivity index (χ2n) is 5.37. The Morgan fingerprint density at radius 2 is 2.19 bits per heavy atom. The van der Waals surface area contributed by atoms with Gasteiger partial charge in [0, 0.05) is 24.3 Å². The molecule has 1 aliphatic rings. The summed E-state index contributed by atoms with van der Waals surface area (Å²) in [6, 6.07) is 6.41. The molecule has 2 aromatic rings. The predicted molar refractivity (Wildman–Crippen MR) is 79.0 cm³/mol. The van der Waals surface area contributed by atoms with Gasteiger partial charge in [0.2, 0.25) is 0 Å². The van der Waals surface area contributed by atoms with Gasteiger partial charge in [-0.2, -0.15) is 0 Å². The number of nitrogens with two attached hydrogens (primary N) is 1. The summed E-state index contributed by atoms with van der Waals surface area (Å²) in [5, 5.41) is 3.34. The molecule has 1 fully saturated rings. The molecule has 0 radical (unpaired) electrons. The van der Waals surface area contributed by atoms with Crippen molar-refractivity contribution in [3.05, 3.63) is 52.8 Å². The monoisotopic (exact) mass is 288 g/mol. The highest BCUT2D eigenvalue weighted by atomic mass is 19.1. The van der Waals surface area contributed by atoms with E-state index < -0.39 is 11.4 Å². The van der Waals surface area contributed by atoms with Crippen molar-refractivity contribution in [1.29, 1.82) is 0 Å². The molecule has 0 saturated heterocycles. The van der Waals surface area contributed by atoms with E-state index in [1.54, 1.807) is 12.3 Å². The lowest BCUT2D eigenvalue weighted by Gasteiger charge is -2.13. The molecule has 21 heavy (non-hydrogen) atoms. The third-order valence-electron chi connectivity index (χ3n) is 3.73. The predicted octanol–water partition coefficient (Wildman–Crippen LogP) is 1.66. The van der Waals surface area contributed by atoms with Crippen molar-refractivity contribution in [2.24, 2.45) is 5.73 Å². The van der Waals surface area contributed by atoms with Gasteiger partial charge in [0.05, 0.1) is 11.9 Å². The molecule has 2 heterocycles. The summed E-state index contributed by atoms with van der Waals surface area (Å²) >= 11 is 0. The zero-order valence-electron chi connectivity index (χ0n) is 11.5. The molecule has 1 saturated carbocycles. The molecule has 0 amide bonds. The molecule has 5 nitrogen and oxygen atoms in total. The average Bonchev–Trinajstić information content (AvgIpc) is 2.85. The molecule has 0 unspecified atom stereocenters. The minimum atomic E-state index is -0.542. The summed E-state index contributed by atoms with van der Waals surface area (Å²) in [6.45, 7) is 0. The summed E-state index contributed by atoms with van der Waals surface area (Å²) in [5.41, 5.74) is 6.07. The van der Waals surface area contributed by atoms with Crippen LogP contribution in [0.15, 0.2) is 41.5 Å². The Morgan fingerprint density at radius 3 is 2.81 bits per heavy atom. The molecule has 0 spiro atoms. The fourth-order valence-corrected chi connectivity index (χ4v) is 2.64. The molecule has 0 bridgehead atoms. The molecule has 3 rings (SSSR count). The molecule has 2 aromatic heterocycles. The van der Waals surface area contributed by atoms with Crippen molar-refractivity contribution < 1.29 is 4.39 Å². The first kappa shape index (κ1) is 13.8. The van der Waals surface area contributed by atoms with Crippen LogP contribution in [0.4, 0.5) is 10.2 Å². The van der Waals surface area contributed by atoms with Crippen LogP contribution >= 0.6 is 0 Å². The van der Waals surface area contributed by atoms with Crippen molar-refractivity contribution in [2.75, 3.05) is 5.32 Å². The molecule has 0 aliphatic heterocycles. The van der Waals surface area contributed by atoms with Gasteiger partial charge < -0.3 is 11.1 Å². The maximum atomic E-state index is 12.9. The van der Waals surface area contributed by atoms with Crippen LogP contribution in [0, 0.1) is 5.82 Å².